The molecule has 2 aromatic rings. The highest BCUT2D eigenvalue weighted by Gasteiger charge is 2.01. The van der Waals surface area contributed by atoms with Gasteiger partial charge >= 0.3 is 0 Å². The molecule has 0 unspecified atom stereocenters. The lowest BCUT2D eigenvalue weighted by molar-refractivity contribution is 0.743. The number of nitrogens with zero attached hydrogens (tertiary/aromatic N) is 1. The lowest BCUT2D eigenvalue weighted by Crippen LogP contribution is -2.07. The van der Waals surface area contributed by atoms with Crippen LogP contribution in [-0.2, 0) is 13.1 Å². The van der Waals surface area contributed by atoms with Crippen LogP contribution < -0.4 is 5.73 Å². The van der Waals surface area contributed by atoms with Gasteiger partial charge in [-0.25, -0.2) is 0 Å². The highest BCUT2D eigenvalue weighted by atomic mass is 15.0. The van der Waals surface area contributed by atoms with Crippen molar-refractivity contribution in [1.82, 2.24) is 4.57 Å². The average Bonchev–Trinajstić information content (AvgIpc) is 2.77. The predicted molar refractivity (Wildman–Crippen MR) is 72.0 cm³/mol. The van der Waals surface area contributed by atoms with Crippen molar-refractivity contribution in [3.8, 4) is 0 Å². The van der Waals surface area contributed by atoms with Crippen molar-refractivity contribution in [2.24, 2.45) is 5.73 Å². The summed E-state index contributed by atoms with van der Waals surface area (Å²) in [5.41, 5.74) is 9.58. The van der Waals surface area contributed by atoms with E-state index in [9.17, 15) is 0 Å². The van der Waals surface area contributed by atoms with E-state index in [1.807, 2.05) is 6.07 Å². The molecule has 0 aliphatic carbocycles. The van der Waals surface area contributed by atoms with Crippen LogP contribution in [0.5, 0.6) is 0 Å². The molecule has 0 radical (unpaired) electrons. The zero-order valence-electron chi connectivity index (χ0n) is 10.6. The first-order valence-electron chi connectivity index (χ1n) is 6.13. The number of aromatic nitrogens is 1. The monoisotopic (exact) mass is 228 g/mol. The summed E-state index contributed by atoms with van der Waals surface area (Å²) in [5, 5.41) is 0. The molecule has 2 nitrogen and oxygen atoms in total. The van der Waals surface area contributed by atoms with E-state index in [2.05, 4.69) is 54.9 Å². The van der Waals surface area contributed by atoms with Crippen molar-refractivity contribution < 1.29 is 0 Å². The van der Waals surface area contributed by atoms with Crippen molar-refractivity contribution in [1.29, 1.82) is 0 Å². The Kier molecular flexibility index (Phi) is 3.64. The molecule has 0 fully saturated rings. The SMILES string of the molecule is CC(C)c1ccc(Cn2cccc2CN)cc1. The third kappa shape index (κ3) is 2.77. The summed E-state index contributed by atoms with van der Waals surface area (Å²) in [6, 6.07) is 13.0. The summed E-state index contributed by atoms with van der Waals surface area (Å²) in [6.45, 7) is 5.93. The molecular weight excluding hydrogens is 208 g/mol. The van der Waals surface area contributed by atoms with Crippen LogP contribution in [0.1, 0.15) is 36.6 Å². The van der Waals surface area contributed by atoms with Gasteiger partial charge in [0, 0.05) is 25.0 Å². The van der Waals surface area contributed by atoms with Crippen molar-refractivity contribution in [3.05, 3.63) is 59.4 Å². The van der Waals surface area contributed by atoms with E-state index in [0.717, 1.165) is 6.54 Å². The van der Waals surface area contributed by atoms with Crippen LogP contribution in [0.4, 0.5) is 0 Å². The Hall–Kier alpha value is -1.54. The van der Waals surface area contributed by atoms with E-state index in [1.165, 1.54) is 16.8 Å². The van der Waals surface area contributed by atoms with E-state index >= 15 is 0 Å². The number of hydrogen-bond donors (Lipinski definition) is 1. The molecule has 1 aromatic heterocycles. The second-order valence-corrected chi connectivity index (χ2v) is 4.73. The molecule has 0 spiro atoms. The molecule has 90 valence electrons. The molecule has 2 N–H and O–H groups in total. The first-order chi connectivity index (χ1) is 8.20. The van der Waals surface area contributed by atoms with Crippen LogP contribution in [0.15, 0.2) is 42.6 Å². The average molecular weight is 228 g/mol. The maximum atomic E-state index is 5.69. The quantitative estimate of drug-likeness (QED) is 0.856. The Morgan fingerprint density at radius 3 is 2.41 bits per heavy atom. The van der Waals surface area contributed by atoms with Gasteiger partial charge in [0.05, 0.1) is 0 Å². The van der Waals surface area contributed by atoms with Gasteiger partial charge in [-0.2, -0.15) is 0 Å². The zero-order chi connectivity index (χ0) is 12.3. The molecule has 0 saturated carbocycles. The van der Waals surface area contributed by atoms with Crippen molar-refractivity contribution in [3.63, 3.8) is 0 Å². The first kappa shape index (κ1) is 11.9. The van der Waals surface area contributed by atoms with Crippen molar-refractivity contribution >= 4 is 0 Å². The summed E-state index contributed by atoms with van der Waals surface area (Å²) in [7, 11) is 0. The summed E-state index contributed by atoms with van der Waals surface area (Å²) >= 11 is 0. The lowest BCUT2D eigenvalue weighted by Gasteiger charge is -2.10. The van der Waals surface area contributed by atoms with E-state index in [-0.39, 0.29) is 0 Å². The fourth-order valence-electron chi connectivity index (χ4n) is 1.99. The Morgan fingerprint density at radius 2 is 1.82 bits per heavy atom. The topological polar surface area (TPSA) is 30.9 Å². The Bertz CT molecular complexity index is 466. The second kappa shape index (κ2) is 5.19. The number of hydrogen-bond acceptors (Lipinski definition) is 1. The number of benzene rings is 1. The molecular formula is C15H20N2. The van der Waals surface area contributed by atoms with E-state index in [0.29, 0.717) is 12.5 Å². The molecule has 0 atom stereocenters. The minimum atomic E-state index is 0.593. The summed E-state index contributed by atoms with van der Waals surface area (Å²) < 4.78 is 2.20. The lowest BCUT2D eigenvalue weighted by atomic mass is 10.0. The third-order valence-electron chi connectivity index (χ3n) is 3.13. The smallest absolute Gasteiger partial charge is 0.0473 e. The van der Waals surface area contributed by atoms with Gasteiger partial charge in [0.2, 0.25) is 0 Å². The van der Waals surface area contributed by atoms with Gasteiger partial charge in [0.15, 0.2) is 0 Å². The normalized spacial score (nSPS) is 11.1. The zero-order valence-corrected chi connectivity index (χ0v) is 10.6. The number of nitrogens with two attached hydrogens (primary N) is 1. The highest BCUT2D eigenvalue weighted by Crippen LogP contribution is 2.15. The maximum absolute atomic E-state index is 5.69. The summed E-state index contributed by atoms with van der Waals surface area (Å²) in [6.07, 6.45) is 2.08. The van der Waals surface area contributed by atoms with Gasteiger partial charge in [-0.1, -0.05) is 38.1 Å². The van der Waals surface area contributed by atoms with Crippen LogP contribution in [0, 0.1) is 0 Å². The fraction of sp³-hybridized carbons (Fsp3) is 0.333. The minimum Gasteiger partial charge on any atom is -0.346 e. The molecule has 0 aliphatic rings. The molecule has 0 amide bonds. The molecule has 1 aromatic carbocycles. The van der Waals surface area contributed by atoms with E-state index in [4.69, 9.17) is 5.73 Å². The van der Waals surface area contributed by atoms with Crippen molar-refractivity contribution in [2.75, 3.05) is 0 Å². The molecule has 1 heterocycles. The van der Waals surface area contributed by atoms with Crippen LogP contribution in [0.25, 0.3) is 0 Å². The van der Waals surface area contributed by atoms with Gasteiger partial charge in [0.1, 0.15) is 0 Å². The van der Waals surface area contributed by atoms with Crippen LogP contribution in [-0.4, -0.2) is 4.57 Å². The predicted octanol–water partition coefficient (Wildman–Crippen LogP) is 3.12. The molecule has 0 bridgehead atoms. The summed E-state index contributed by atoms with van der Waals surface area (Å²) in [4.78, 5) is 0. The molecule has 2 heteroatoms. The number of rotatable bonds is 4. The third-order valence-corrected chi connectivity index (χ3v) is 3.13. The van der Waals surface area contributed by atoms with Crippen LogP contribution in [0.2, 0.25) is 0 Å². The van der Waals surface area contributed by atoms with Crippen LogP contribution in [0.3, 0.4) is 0 Å². The maximum Gasteiger partial charge on any atom is 0.0473 e. The fourth-order valence-corrected chi connectivity index (χ4v) is 1.99. The Labute approximate surface area is 103 Å². The van der Waals surface area contributed by atoms with Gasteiger partial charge in [-0.05, 0) is 29.2 Å². The van der Waals surface area contributed by atoms with Crippen molar-refractivity contribution in [2.45, 2.75) is 32.9 Å². The Balaban J connectivity index is 2.14. The van der Waals surface area contributed by atoms with Gasteiger partial charge in [-0.15, -0.1) is 0 Å². The minimum absolute atomic E-state index is 0.593. The molecule has 2 rings (SSSR count). The van der Waals surface area contributed by atoms with Gasteiger partial charge in [0.25, 0.3) is 0 Å². The summed E-state index contributed by atoms with van der Waals surface area (Å²) in [5.74, 6) is 0.593. The van der Waals surface area contributed by atoms with Crippen LogP contribution >= 0.6 is 0 Å². The highest BCUT2D eigenvalue weighted by molar-refractivity contribution is 5.25. The van der Waals surface area contributed by atoms with E-state index in [1.54, 1.807) is 0 Å². The second-order valence-electron chi connectivity index (χ2n) is 4.73. The standard InChI is InChI=1S/C15H20N2/c1-12(2)14-7-5-13(6-8-14)11-17-9-3-4-15(17)10-16/h3-9,12H,10-11,16H2,1-2H3. The molecule has 17 heavy (non-hydrogen) atoms. The Morgan fingerprint density at radius 1 is 1.12 bits per heavy atom. The first-order valence-corrected chi connectivity index (χ1v) is 6.13. The van der Waals surface area contributed by atoms with Gasteiger partial charge < -0.3 is 10.3 Å². The molecule has 0 aliphatic heterocycles. The van der Waals surface area contributed by atoms with E-state index < -0.39 is 0 Å². The largest absolute Gasteiger partial charge is 0.346 e. The van der Waals surface area contributed by atoms with Gasteiger partial charge in [-0.3, -0.25) is 0 Å². The molecule has 0 saturated heterocycles.